The zero-order chi connectivity index (χ0) is 30.5. The number of hydrogen-bond acceptors (Lipinski definition) is 2. The molecule has 0 atom stereocenters. The lowest BCUT2D eigenvalue weighted by atomic mass is 9.85. The molecule has 0 unspecified atom stereocenters. The Morgan fingerprint density at radius 1 is 0.304 bits per heavy atom. The van der Waals surface area contributed by atoms with E-state index in [4.69, 9.17) is 9.97 Å². The fourth-order valence-electron chi connectivity index (χ4n) is 7.02. The third-order valence-electron chi connectivity index (χ3n) is 9.07. The fourth-order valence-corrected chi connectivity index (χ4v) is 7.02. The minimum absolute atomic E-state index is 0.715. The molecule has 0 radical (unpaired) electrons. The van der Waals surface area contributed by atoms with Crippen LogP contribution >= 0.6 is 0 Å². The zero-order valence-electron chi connectivity index (χ0n) is 25.1. The Balaban J connectivity index is 1.40. The SMILES string of the molecule is c1ccc(-c2nc(-c3cccc4ccccc34)cc(-c3c4ccccc4c(-c4cccc5ccccc45)c4ccccc34)n2)cc1. The van der Waals surface area contributed by atoms with Crippen molar-refractivity contribution in [1.82, 2.24) is 9.97 Å². The molecule has 214 valence electrons. The summed E-state index contributed by atoms with van der Waals surface area (Å²) in [6, 6.07) is 60.3. The Morgan fingerprint density at radius 2 is 0.739 bits per heavy atom. The number of fused-ring (bicyclic) bond motifs is 4. The van der Waals surface area contributed by atoms with Crippen LogP contribution in [0.25, 0.3) is 88.1 Å². The summed E-state index contributed by atoms with van der Waals surface area (Å²) >= 11 is 0. The van der Waals surface area contributed by atoms with Crippen molar-refractivity contribution in [3.05, 3.63) is 170 Å². The van der Waals surface area contributed by atoms with Crippen molar-refractivity contribution >= 4 is 43.1 Å². The Morgan fingerprint density at radius 3 is 1.35 bits per heavy atom. The Kier molecular flexibility index (Phi) is 6.17. The average molecular weight is 585 g/mol. The largest absolute Gasteiger partial charge is 0.228 e. The summed E-state index contributed by atoms with van der Waals surface area (Å²) in [6.07, 6.45) is 0. The summed E-state index contributed by atoms with van der Waals surface area (Å²) in [5, 5.41) is 9.61. The van der Waals surface area contributed by atoms with Gasteiger partial charge in [-0.15, -0.1) is 0 Å². The van der Waals surface area contributed by atoms with Crippen molar-refractivity contribution < 1.29 is 0 Å². The third-order valence-corrected chi connectivity index (χ3v) is 9.07. The first-order valence-corrected chi connectivity index (χ1v) is 15.7. The van der Waals surface area contributed by atoms with Crippen molar-refractivity contribution in [3.63, 3.8) is 0 Å². The van der Waals surface area contributed by atoms with Crippen molar-refractivity contribution in [1.29, 1.82) is 0 Å². The van der Waals surface area contributed by atoms with Crippen LogP contribution in [0.2, 0.25) is 0 Å². The van der Waals surface area contributed by atoms with Crippen LogP contribution in [0.3, 0.4) is 0 Å². The van der Waals surface area contributed by atoms with Crippen molar-refractivity contribution in [2.45, 2.75) is 0 Å². The molecule has 46 heavy (non-hydrogen) atoms. The minimum Gasteiger partial charge on any atom is -0.228 e. The maximum atomic E-state index is 5.32. The normalized spacial score (nSPS) is 11.5. The second kappa shape index (κ2) is 10.8. The zero-order valence-corrected chi connectivity index (χ0v) is 25.1. The van der Waals surface area contributed by atoms with Gasteiger partial charge in [-0.05, 0) is 60.3 Å². The number of aromatic nitrogens is 2. The van der Waals surface area contributed by atoms with E-state index in [9.17, 15) is 0 Å². The molecule has 0 aliphatic heterocycles. The predicted molar refractivity (Wildman–Crippen MR) is 194 cm³/mol. The first kappa shape index (κ1) is 26.3. The lowest BCUT2D eigenvalue weighted by Crippen LogP contribution is -1.98. The van der Waals surface area contributed by atoms with Gasteiger partial charge in [-0.25, -0.2) is 9.97 Å². The molecule has 0 bridgehead atoms. The Hall–Kier alpha value is -6.12. The summed E-state index contributed by atoms with van der Waals surface area (Å²) in [4.78, 5) is 10.5. The average Bonchev–Trinajstić information content (AvgIpc) is 3.13. The molecule has 2 heteroatoms. The summed E-state index contributed by atoms with van der Waals surface area (Å²) in [6.45, 7) is 0. The lowest BCUT2D eigenvalue weighted by Gasteiger charge is -2.19. The molecule has 2 nitrogen and oxygen atoms in total. The van der Waals surface area contributed by atoms with Gasteiger partial charge in [0.15, 0.2) is 5.82 Å². The second-order valence-electron chi connectivity index (χ2n) is 11.7. The van der Waals surface area contributed by atoms with Gasteiger partial charge in [0.05, 0.1) is 11.4 Å². The van der Waals surface area contributed by atoms with E-state index in [1.807, 2.05) is 18.2 Å². The molecular weight excluding hydrogens is 556 g/mol. The van der Waals surface area contributed by atoms with Gasteiger partial charge in [-0.2, -0.15) is 0 Å². The molecular formula is C44H28N2. The standard InChI is InChI=1S/C44H28N2/c1-2-16-31(17-3-1)44-45-40(34-26-12-18-29-14-4-6-20-32(29)34)28-41(46-44)43-38-24-10-8-22-36(38)42(37-23-9-11-25-39(37)43)35-27-13-19-30-15-5-7-21-33(30)35/h1-28H. The molecule has 9 rings (SSSR count). The Bertz CT molecular complexity index is 2520. The van der Waals surface area contributed by atoms with E-state index >= 15 is 0 Å². The molecule has 1 aromatic heterocycles. The number of nitrogens with zero attached hydrogens (tertiary/aromatic N) is 2. The molecule has 9 aromatic rings. The van der Waals surface area contributed by atoms with Crippen molar-refractivity contribution in [2.24, 2.45) is 0 Å². The smallest absolute Gasteiger partial charge is 0.160 e. The molecule has 0 saturated heterocycles. The van der Waals surface area contributed by atoms with Crippen molar-refractivity contribution in [3.8, 4) is 45.0 Å². The molecule has 0 aliphatic carbocycles. The third kappa shape index (κ3) is 4.27. The van der Waals surface area contributed by atoms with Gasteiger partial charge >= 0.3 is 0 Å². The summed E-state index contributed by atoms with van der Waals surface area (Å²) < 4.78 is 0. The van der Waals surface area contributed by atoms with E-state index in [2.05, 4.69) is 152 Å². The van der Waals surface area contributed by atoms with Crippen LogP contribution in [0.1, 0.15) is 0 Å². The van der Waals surface area contributed by atoms with E-state index in [1.165, 1.54) is 54.2 Å². The van der Waals surface area contributed by atoms with Crippen LogP contribution in [0.15, 0.2) is 170 Å². The maximum absolute atomic E-state index is 5.32. The van der Waals surface area contributed by atoms with Gasteiger partial charge in [-0.3, -0.25) is 0 Å². The van der Waals surface area contributed by atoms with Crippen LogP contribution in [0, 0.1) is 0 Å². The Labute approximate surface area is 267 Å². The number of benzene rings is 8. The maximum Gasteiger partial charge on any atom is 0.160 e. The van der Waals surface area contributed by atoms with E-state index in [0.717, 1.165) is 28.1 Å². The molecule has 0 aliphatic rings. The first-order chi connectivity index (χ1) is 22.8. The highest BCUT2D eigenvalue weighted by Gasteiger charge is 2.20. The van der Waals surface area contributed by atoms with Gasteiger partial charge < -0.3 is 0 Å². The summed E-state index contributed by atoms with van der Waals surface area (Å²) in [7, 11) is 0. The highest BCUT2D eigenvalue weighted by Crippen LogP contribution is 2.45. The van der Waals surface area contributed by atoms with Gasteiger partial charge in [0, 0.05) is 16.7 Å². The molecule has 8 aromatic carbocycles. The quantitative estimate of drug-likeness (QED) is 0.192. The van der Waals surface area contributed by atoms with Crippen molar-refractivity contribution in [2.75, 3.05) is 0 Å². The monoisotopic (exact) mass is 584 g/mol. The van der Waals surface area contributed by atoms with Gasteiger partial charge in [0.25, 0.3) is 0 Å². The highest BCUT2D eigenvalue weighted by molar-refractivity contribution is 6.23. The van der Waals surface area contributed by atoms with Crippen LogP contribution in [-0.2, 0) is 0 Å². The first-order valence-electron chi connectivity index (χ1n) is 15.7. The van der Waals surface area contributed by atoms with Gasteiger partial charge in [-0.1, -0.05) is 164 Å². The minimum atomic E-state index is 0.715. The second-order valence-corrected chi connectivity index (χ2v) is 11.7. The van der Waals surface area contributed by atoms with Gasteiger partial charge in [0.2, 0.25) is 0 Å². The fraction of sp³-hybridized carbons (Fsp3) is 0. The highest BCUT2D eigenvalue weighted by atomic mass is 14.9. The summed E-state index contributed by atoms with van der Waals surface area (Å²) in [5.74, 6) is 0.715. The molecule has 0 saturated carbocycles. The predicted octanol–water partition coefficient (Wildman–Crippen LogP) is 11.8. The molecule has 1 heterocycles. The van der Waals surface area contributed by atoms with Crippen LogP contribution < -0.4 is 0 Å². The molecule has 0 spiro atoms. The van der Waals surface area contributed by atoms with E-state index in [0.29, 0.717) is 5.82 Å². The molecule has 0 fully saturated rings. The van der Waals surface area contributed by atoms with E-state index in [1.54, 1.807) is 0 Å². The topological polar surface area (TPSA) is 25.8 Å². The lowest BCUT2D eigenvalue weighted by molar-refractivity contribution is 1.19. The molecule has 0 amide bonds. The van der Waals surface area contributed by atoms with E-state index < -0.39 is 0 Å². The molecule has 0 N–H and O–H groups in total. The van der Waals surface area contributed by atoms with Crippen LogP contribution in [-0.4, -0.2) is 9.97 Å². The number of rotatable bonds is 4. The van der Waals surface area contributed by atoms with Gasteiger partial charge in [0.1, 0.15) is 0 Å². The number of hydrogen-bond donors (Lipinski definition) is 0. The summed E-state index contributed by atoms with van der Waals surface area (Å²) in [5.41, 5.74) is 7.52. The van der Waals surface area contributed by atoms with Crippen LogP contribution in [0.4, 0.5) is 0 Å². The van der Waals surface area contributed by atoms with E-state index in [-0.39, 0.29) is 0 Å². The van der Waals surface area contributed by atoms with Crippen LogP contribution in [0.5, 0.6) is 0 Å².